The van der Waals surface area contributed by atoms with Crippen molar-refractivity contribution >= 4 is 16.5 Å². The fourth-order valence-electron chi connectivity index (χ4n) is 8.48. The second-order valence-electron chi connectivity index (χ2n) is 17.6. The molecule has 354 valence electrons. The van der Waals surface area contributed by atoms with Gasteiger partial charge in [-0.3, -0.25) is 4.98 Å². The molecule has 73 heavy (non-hydrogen) atoms. The molecule has 11 rings (SSSR count). The smallest absolute Gasteiger partial charge is 0.673 e. The van der Waals surface area contributed by atoms with Gasteiger partial charge in [-0.15, -0.1) is 30.0 Å². The van der Waals surface area contributed by atoms with E-state index in [1.54, 1.807) is 0 Å². The molecule has 0 aliphatic heterocycles. The van der Waals surface area contributed by atoms with Crippen molar-refractivity contribution in [3.8, 4) is 22.4 Å². The van der Waals surface area contributed by atoms with Crippen LogP contribution in [0.1, 0.15) is 70.4 Å². The van der Waals surface area contributed by atoms with E-state index in [0.717, 1.165) is 39.3 Å². The van der Waals surface area contributed by atoms with Crippen LogP contribution in [0.25, 0.3) is 38.5 Å². The number of hydrogen-bond acceptors (Lipinski definition) is 1. The molecule has 0 saturated carbocycles. The minimum atomic E-state index is -0.263. The van der Waals surface area contributed by atoms with Gasteiger partial charge in [-0.1, -0.05) is 267 Å². The number of nitrogens with zero attached hydrogens (tertiary/aromatic N) is 2. The Morgan fingerprint density at radius 3 is 1.33 bits per heavy atom. The van der Waals surface area contributed by atoms with E-state index in [0.29, 0.717) is 5.92 Å². The summed E-state index contributed by atoms with van der Waals surface area (Å²) in [6, 6.07) is 100. The minimum absolute atomic E-state index is 0. The fourth-order valence-corrected chi connectivity index (χ4v) is 8.48. The standard InChI is InChI=1S/C37H31N2.C19H15.2C7H7.Hf/c1-26(2)27-22-24-30(25-23-27)38-37(34-18-9-8-17-32(34)28-12-4-3-5-13-28)36-21-11-20-35(39-36)33-19-10-15-29-14-6-7-16-31(29)33;1-4-10-16(11-5-1)19(17-12-6-2-7-13-17)18-14-8-3-9-15-18;2*1-7-5-3-2-4-6-7;/h3-26,37H,1-2H3;1-15H;2*2-6H,1H2;/q4*-1;+4. The third-order valence-electron chi connectivity index (χ3n) is 12.2. The number of fused-ring (bicyclic) bond motifs is 1. The van der Waals surface area contributed by atoms with Crippen molar-refractivity contribution in [2.45, 2.75) is 25.8 Å². The van der Waals surface area contributed by atoms with Crippen molar-refractivity contribution in [1.29, 1.82) is 0 Å². The molecule has 11 aromatic rings. The second-order valence-corrected chi connectivity index (χ2v) is 17.6. The van der Waals surface area contributed by atoms with Crippen molar-refractivity contribution in [3.63, 3.8) is 0 Å². The Balaban J connectivity index is 0.000000187. The predicted molar refractivity (Wildman–Crippen MR) is 306 cm³/mol. The molecule has 2 nitrogen and oxygen atoms in total. The average molecular weight is 1110 g/mol. The predicted octanol–water partition coefficient (Wildman–Crippen LogP) is 18.9. The fraction of sp³-hybridized carbons (Fsp3) is 0.0571. The van der Waals surface area contributed by atoms with Crippen LogP contribution in [0.4, 0.5) is 5.69 Å². The molecule has 1 atom stereocenters. The number of rotatable bonds is 10. The van der Waals surface area contributed by atoms with Gasteiger partial charge < -0.3 is 5.32 Å². The van der Waals surface area contributed by atoms with Crippen LogP contribution in [0, 0.1) is 19.8 Å². The molecule has 1 unspecified atom stereocenters. The summed E-state index contributed by atoms with van der Waals surface area (Å²) in [4.78, 5) is 5.25. The quantitative estimate of drug-likeness (QED) is 0.0762. The Labute approximate surface area is 453 Å². The Kier molecular flexibility index (Phi) is 19.8. The third kappa shape index (κ3) is 15.0. The van der Waals surface area contributed by atoms with Gasteiger partial charge in [0.05, 0.1) is 5.69 Å². The van der Waals surface area contributed by atoms with Gasteiger partial charge in [-0.05, 0) is 57.1 Å². The summed E-state index contributed by atoms with van der Waals surface area (Å²) >= 11 is 0. The average Bonchev–Trinajstić information content (AvgIpc) is 3.44. The number of pyridine rings is 1. The third-order valence-corrected chi connectivity index (χ3v) is 12.2. The Morgan fingerprint density at radius 2 is 0.822 bits per heavy atom. The summed E-state index contributed by atoms with van der Waals surface area (Å²) < 4.78 is 0. The van der Waals surface area contributed by atoms with E-state index in [1.165, 1.54) is 50.1 Å². The van der Waals surface area contributed by atoms with E-state index in [-0.39, 0.29) is 31.9 Å². The van der Waals surface area contributed by atoms with E-state index in [1.807, 2.05) is 60.7 Å². The molecule has 0 radical (unpaired) electrons. The summed E-state index contributed by atoms with van der Waals surface area (Å²) in [5, 5.41) is 7.73. The maximum Gasteiger partial charge on any atom is 4.00 e. The summed E-state index contributed by atoms with van der Waals surface area (Å²) in [6.07, 6.45) is 0. The van der Waals surface area contributed by atoms with Gasteiger partial charge in [-0.25, -0.2) is 0 Å². The van der Waals surface area contributed by atoms with Gasteiger partial charge in [0.15, 0.2) is 0 Å². The molecule has 10 aromatic carbocycles. The Morgan fingerprint density at radius 1 is 0.397 bits per heavy atom. The Bertz CT molecular complexity index is 3150. The van der Waals surface area contributed by atoms with E-state index < -0.39 is 0 Å². The number of hydrogen-bond donors (Lipinski definition) is 0. The largest absolute Gasteiger partial charge is 4.00 e. The summed E-state index contributed by atoms with van der Waals surface area (Å²) in [7, 11) is 0. The van der Waals surface area contributed by atoms with Crippen LogP contribution in [-0.4, -0.2) is 4.98 Å². The van der Waals surface area contributed by atoms with E-state index in [2.05, 4.69) is 258 Å². The molecule has 0 aliphatic carbocycles. The first-order valence-electron chi connectivity index (χ1n) is 24.6. The Hall–Kier alpha value is -8.11. The maximum atomic E-state index is 5.32. The maximum absolute atomic E-state index is 5.32. The molecule has 3 heteroatoms. The van der Waals surface area contributed by atoms with Gasteiger partial charge in [0, 0.05) is 11.3 Å². The molecular weight excluding hydrogens is 1050 g/mol. The zero-order valence-electron chi connectivity index (χ0n) is 41.7. The number of aromatic nitrogens is 1. The topological polar surface area (TPSA) is 27.0 Å². The first kappa shape index (κ1) is 52.7. The van der Waals surface area contributed by atoms with Crippen LogP contribution >= 0.6 is 0 Å². The van der Waals surface area contributed by atoms with E-state index in [9.17, 15) is 0 Å². The van der Waals surface area contributed by atoms with E-state index >= 15 is 0 Å². The molecule has 1 heterocycles. The SMILES string of the molecule is CC(C)c1ccc([N-]C(c2cccc(-c3cccc4ccccc34)n2)c2ccccc2-c2ccccc2)cc1.[CH2-]c1ccccc1.[CH2-]c1ccccc1.[Hf+4].c1ccc([C-](c2ccccc2)c2ccccc2)cc1. The first-order valence-corrected chi connectivity index (χ1v) is 24.6. The van der Waals surface area contributed by atoms with Crippen LogP contribution in [-0.2, 0) is 25.8 Å². The zero-order valence-corrected chi connectivity index (χ0v) is 45.3. The summed E-state index contributed by atoms with van der Waals surface area (Å²) in [5.74, 6) is 1.76. The van der Waals surface area contributed by atoms with Gasteiger partial charge >= 0.3 is 25.8 Å². The first-order chi connectivity index (χ1) is 35.4. The molecular formula is C70H60HfN2. The summed E-state index contributed by atoms with van der Waals surface area (Å²) in [5.41, 5.74) is 14.6. The molecule has 0 amide bonds. The molecule has 1 aromatic heterocycles. The molecule has 0 spiro atoms. The monoisotopic (exact) mass is 1110 g/mol. The van der Waals surface area contributed by atoms with Gasteiger partial charge in [-0.2, -0.15) is 49.2 Å². The number of benzene rings is 10. The van der Waals surface area contributed by atoms with Gasteiger partial charge in [0.1, 0.15) is 0 Å². The van der Waals surface area contributed by atoms with E-state index in [4.69, 9.17) is 10.3 Å². The zero-order chi connectivity index (χ0) is 49.7. The van der Waals surface area contributed by atoms with Crippen LogP contribution in [0.3, 0.4) is 0 Å². The van der Waals surface area contributed by atoms with Crippen molar-refractivity contribution in [1.82, 2.24) is 4.98 Å². The minimum Gasteiger partial charge on any atom is -0.673 e. The molecule has 0 bridgehead atoms. The molecule has 0 aliphatic rings. The van der Waals surface area contributed by atoms with Crippen LogP contribution < -0.4 is 0 Å². The van der Waals surface area contributed by atoms with Crippen molar-refractivity contribution in [2.75, 3.05) is 0 Å². The summed E-state index contributed by atoms with van der Waals surface area (Å²) in [6.45, 7) is 11.9. The second kappa shape index (κ2) is 27.5. The van der Waals surface area contributed by atoms with Gasteiger partial charge in [0.25, 0.3) is 0 Å². The molecule has 0 saturated heterocycles. The van der Waals surface area contributed by atoms with Crippen LogP contribution in [0.5, 0.6) is 0 Å². The molecule has 0 fully saturated rings. The normalized spacial score (nSPS) is 10.7. The van der Waals surface area contributed by atoms with Gasteiger partial charge in [0.2, 0.25) is 0 Å². The van der Waals surface area contributed by atoms with Crippen molar-refractivity contribution in [2.24, 2.45) is 0 Å². The van der Waals surface area contributed by atoms with Crippen molar-refractivity contribution < 1.29 is 25.8 Å². The van der Waals surface area contributed by atoms with Crippen LogP contribution in [0.2, 0.25) is 0 Å². The van der Waals surface area contributed by atoms with Crippen molar-refractivity contribution in [3.05, 3.63) is 361 Å². The molecule has 0 N–H and O–H groups in total. The van der Waals surface area contributed by atoms with Crippen LogP contribution in [0.15, 0.2) is 291 Å².